The lowest BCUT2D eigenvalue weighted by Gasteiger charge is -2.16. The van der Waals surface area contributed by atoms with Gasteiger partial charge in [0.15, 0.2) is 0 Å². The van der Waals surface area contributed by atoms with E-state index >= 15 is 0 Å². The highest BCUT2D eigenvalue weighted by atomic mass is 16.3. The summed E-state index contributed by atoms with van der Waals surface area (Å²) in [5.41, 5.74) is 1.34. The highest BCUT2D eigenvalue weighted by molar-refractivity contribution is 5.18. The lowest BCUT2D eigenvalue weighted by Crippen LogP contribution is -2.32. The molecule has 2 nitrogen and oxygen atoms in total. The molecule has 0 amide bonds. The zero-order valence-corrected chi connectivity index (χ0v) is 8.90. The highest BCUT2D eigenvalue weighted by Crippen LogP contribution is 2.12. The zero-order valence-electron chi connectivity index (χ0n) is 8.90. The van der Waals surface area contributed by atoms with E-state index in [-0.39, 0.29) is 12.6 Å². The first-order chi connectivity index (χ1) is 6.74. The van der Waals surface area contributed by atoms with Crippen LogP contribution in [-0.4, -0.2) is 24.3 Å². The molecule has 0 aromatic heterocycles. The van der Waals surface area contributed by atoms with E-state index in [0.717, 1.165) is 6.54 Å². The third kappa shape index (κ3) is 3.48. The maximum absolute atomic E-state index is 8.86. The molecule has 0 aliphatic heterocycles. The molecule has 0 saturated carbocycles. The zero-order chi connectivity index (χ0) is 10.4. The number of benzene rings is 1. The Hall–Kier alpha value is -0.860. The largest absolute Gasteiger partial charge is 0.395 e. The van der Waals surface area contributed by atoms with Crippen LogP contribution in [0.1, 0.15) is 25.3 Å². The topological polar surface area (TPSA) is 32.3 Å². The minimum atomic E-state index is 0.182. The van der Waals surface area contributed by atoms with Crippen molar-refractivity contribution >= 4 is 0 Å². The van der Waals surface area contributed by atoms with Crippen molar-refractivity contribution in [3.05, 3.63) is 35.9 Å². The van der Waals surface area contributed by atoms with Gasteiger partial charge >= 0.3 is 0 Å². The molecule has 0 aliphatic carbocycles. The molecule has 78 valence electrons. The molecule has 1 aromatic rings. The average molecular weight is 193 g/mol. The van der Waals surface area contributed by atoms with E-state index in [1.807, 2.05) is 13.0 Å². The fourth-order valence-corrected chi connectivity index (χ4v) is 1.34. The predicted octanol–water partition coefficient (Wildman–Crippen LogP) is 1.76. The molecule has 0 radical (unpaired) electrons. The van der Waals surface area contributed by atoms with E-state index in [1.54, 1.807) is 0 Å². The number of rotatable bonds is 5. The fourth-order valence-electron chi connectivity index (χ4n) is 1.34. The molecule has 0 bridgehead atoms. The molecule has 1 rings (SSSR count). The first kappa shape index (κ1) is 11.2. The van der Waals surface area contributed by atoms with Crippen LogP contribution in [0.2, 0.25) is 0 Å². The molecule has 2 N–H and O–H groups in total. The second-order valence-corrected chi connectivity index (χ2v) is 3.80. The van der Waals surface area contributed by atoms with Gasteiger partial charge in [-0.05, 0) is 18.4 Å². The van der Waals surface area contributed by atoms with Gasteiger partial charge in [-0.2, -0.15) is 0 Å². The Bertz CT molecular complexity index is 248. The summed E-state index contributed by atoms with van der Waals surface area (Å²) in [6, 6.07) is 10.6. The number of aliphatic hydroxyl groups excluding tert-OH is 1. The van der Waals surface area contributed by atoms with Crippen LogP contribution >= 0.6 is 0 Å². The van der Waals surface area contributed by atoms with Crippen molar-refractivity contribution in [3.8, 4) is 0 Å². The van der Waals surface area contributed by atoms with E-state index in [4.69, 9.17) is 5.11 Å². The monoisotopic (exact) mass is 193 g/mol. The lowest BCUT2D eigenvalue weighted by atomic mass is 10.0. The SMILES string of the molecule is CC(CN[C@@H](C)CO)c1ccccc1. The summed E-state index contributed by atoms with van der Waals surface area (Å²) < 4.78 is 0. The molecular weight excluding hydrogens is 174 g/mol. The van der Waals surface area contributed by atoms with E-state index in [0.29, 0.717) is 5.92 Å². The fraction of sp³-hybridized carbons (Fsp3) is 0.500. The van der Waals surface area contributed by atoms with E-state index in [2.05, 4.69) is 36.5 Å². The summed E-state index contributed by atoms with van der Waals surface area (Å²) in [4.78, 5) is 0. The van der Waals surface area contributed by atoms with Gasteiger partial charge in [0.25, 0.3) is 0 Å². The molecule has 0 spiro atoms. The van der Waals surface area contributed by atoms with Gasteiger partial charge in [0, 0.05) is 12.6 Å². The summed E-state index contributed by atoms with van der Waals surface area (Å²) in [5.74, 6) is 0.491. The predicted molar refractivity (Wildman–Crippen MR) is 59.4 cm³/mol. The Morgan fingerprint density at radius 1 is 1.21 bits per heavy atom. The third-order valence-electron chi connectivity index (χ3n) is 2.41. The molecule has 2 atom stereocenters. The van der Waals surface area contributed by atoms with Crippen molar-refractivity contribution in [2.24, 2.45) is 0 Å². The quantitative estimate of drug-likeness (QED) is 0.747. The molecule has 0 heterocycles. The second kappa shape index (κ2) is 5.78. The Morgan fingerprint density at radius 2 is 1.86 bits per heavy atom. The van der Waals surface area contributed by atoms with Gasteiger partial charge in [-0.25, -0.2) is 0 Å². The van der Waals surface area contributed by atoms with Crippen LogP contribution in [0.3, 0.4) is 0 Å². The number of hydrogen-bond donors (Lipinski definition) is 2. The average Bonchev–Trinajstić information content (AvgIpc) is 2.26. The normalized spacial score (nSPS) is 15.1. The van der Waals surface area contributed by atoms with Crippen LogP contribution in [0, 0.1) is 0 Å². The molecular formula is C12H19NO. The number of hydrogen-bond acceptors (Lipinski definition) is 2. The van der Waals surface area contributed by atoms with Gasteiger partial charge in [0.05, 0.1) is 6.61 Å². The van der Waals surface area contributed by atoms with Crippen molar-refractivity contribution in [2.75, 3.05) is 13.2 Å². The van der Waals surface area contributed by atoms with Gasteiger partial charge in [0.2, 0.25) is 0 Å². The highest BCUT2D eigenvalue weighted by Gasteiger charge is 2.05. The first-order valence-corrected chi connectivity index (χ1v) is 5.13. The maximum atomic E-state index is 8.86. The summed E-state index contributed by atoms with van der Waals surface area (Å²) in [5, 5.41) is 12.1. The van der Waals surface area contributed by atoms with Crippen LogP contribution in [-0.2, 0) is 0 Å². The number of nitrogens with one attached hydrogen (secondary N) is 1. The molecule has 0 fully saturated rings. The lowest BCUT2D eigenvalue weighted by molar-refractivity contribution is 0.250. The van der Waals surface area contributed by atoms with Crippen molar-refractivity contribution in [2.45, 2.75) is 25.8 Å². The molecule has 0 saturated heterocycles. The number of aliphatic hydroxyl groups is 1. The van der Waals surface area contributed by atoms with Crippen LogP contribution in [0.5, 0.6) is 0 Å². The van der Waals surface area contributed by atoms with E-state index in [9.17, 15) is 0 Å². The second-order valence-electron chi connectivity index (χ2n) is 3.80. The molecule has 2 heteroatoms. The van der Waals surface area contributed by atoms with Crippen molar-refractivity contribution in [1.29, 1.82) is 0 Å². The smallest absolute Gasteiger partial charge is 0.0581 e. The maximum Gasteiger partial charge on any atom is 0.0581 e. The molecule has 1 unspecified atom stereocenters. The van der Waals surface area contributed by atoms with Gasteiger partial charge in [-0.1, -0.05) is 37.3 Å². The van der Waals surface area contributed by atoms with E-state index in [1.165, 1.54) is 5.56 Å². The minimum absolute atomic E-state index is 0.182. The summed E-state index contributed by atoms with van der Waals surface area (Å²) >= 11 is 0. The Morgan fingerprint density at radius 3 is 2.43 bits per heavy atom. The van der Waals surface area contributed by atoms with Crippen molar-refractivity contribution in [1.82, 2.24) is 5.32 Å². The van der Waals surface area contributed by atoms with Crippen LogP contribution < -0.4 is 5.32 Å². The summed E-state index contributed by atoms with van der Waals surface area (Å²) in [6.07, 6.45) is 0. The van der Waals surface area contributed by atoms with Gasteiger partial charge in [-0.15, -0.1) is 0 Å². The Labute approximate surface area is 86.0 Å². The van der Waals surface area contributed by atoms with Crippen molar-refractivity contribution < 1.29 is 5.11 Å². The Kier molecular flexibility index (Phi) is 4.63. The molecule has 0 aliphatic rings. The van der Waals surface area contributed by atoms with Crippen molar-refractivity contribution in [3.63, 3.8) is 0 Å². The van der Waals surface area contributed by atoms with Gasteiger partial charge < -0.3 is 10.4 Å². The van der Waals surface area contributed by atoms with Gasteiger partial charge in [-0.3, -0.25) is 0 Å². The molecule has 14 heavy (non-hydrogen) atoms. The van der Waals surface area contributed by atoms with Gasteiger partial charge in [0.1, 0.15) is 0 Å². The first-order valence-electron chi connectivity index (χ1n) is 5.13. The van der Waals surface area contributed by atoms with E-state index < -0.39 is 0 Å². The Balaban J connectivity index is 2.39. The minimum Gasteiger partial charge on any atom is -0.395 e. The molecule has 1 aromatic carbocycles. The summed E-state index contributed by atoms with van der Waals surface area (Å²) in [6.45, 7) is 5.28. The van der Waals surface area contributed by atoms with Crippen LogP contribution in [0.15, 0.2) is 30.3 Å². The van der Waals surface area contributed by atoms with Crippen LogP contribution in [0.4, 0.5) is 0 Å². The standard InChI is InChI=1S/C12H19NO/c1-10(8-13-11(2)9-14)12-6-4-3-5-7-12/h3-7,10-11,13-14H,8-9H2,1-2H3/t10?,11-/m0/s1. The van der Waals surface area contributed by atoms with Crippen LogP contribution in [0.25, 0.3) is 0 Å². The third-order valence-corrected chi connectivity index (χ3v) is 2.41. The summed E-state index contributed by atoms with van der Waals surface area (Å²) in [7, 11) is 0.